The summed E-state index contributed by atoms with van der Waals surface area (Å²) in [5, 5.41) is 0. The number of carbonyl (C=O) groups is 1. The van der Waals surface area contributed by atoms with E-state index in [0.29, 0.717) is 29.4 Å². The van der Waals surface area contributed by atoms with Crippen LogP contribution in [0.15, 0.2) is 126 Å². The molecule has 0 fully saturated rings. The van der Waals surface area contributed by atoms with E-state index in [0.717, 1.165) is 23.3 Å². The molecule has 6 rings (SSSR count). The third-order valence-electron chi connectivity index (χ3n) is 8.01. The number of sulfonamides is 1. The first-order chi connectivity index (χ1) is 22.9. The zero-order valence-corrected chi connectivity index (χ0v) is 26.9. The maximum Gasteiger partial charge on any atom is 0.416 e. The highest BCUT2D eigenvalue weighted by Crippen LogP contribution is 2.44. The zero-order chi connectivity index (χ0) is 34.1. The topological polar surface area (TPSA) is 78.9 Å². The van der Waals surface area contributed by atoms with Gasteiger partial charge in [0.25, 0.3) is 15.9 Å². The normalized spacial score (nSPS) is 14.9. The molecule has 1 heterocycles. The summed E-state index contributed by atoms with van der Waals surface area (Å²) in [4.78, 5) is 17.7. The van der Waals surface area contributed by atoms with Gasteiger partial charge in [-0.25, -0.2) is 8.42 Å². The van der Waals surface area contributed by atoms with E-state index in [2.05, 4.69) is 4.72 Å². The molecule has 0 saturated carbocycles. The van der Waals surface area contributed by atoms with Crippen molar-refractivity contribution >= 4 is 33.0 Å². The lowest BCUT2D eigenvalue weighted by Gasteiger charge is -2.46. The van der Waals surface area contributed by atoms with Gasteiger partial charge in [-0.2, -0.15) is 13.2 Å². The Bertz CT molecular complexity index is 2040. The maximum atomic E-state index is 14.6. The van der Waals surface area contributed by atoms with Crippen LogP contribution in [0.25, 0.3) is 0 Å². The van der Waals surface area contributed by atoms with Crippen LogP contribution in [0.2, 0.25) is 0 Å². The van der Waals surface area contributed by atoms with Crippen molar-refractivity contribution in [3.8, 4) is 5.75 Å². The van der Waals surface area contributed by atoms with Gasteiger partial charge >= 0.3 is 6.18 Å². The van der Waals surface area contributed by atoms with Crippen molar-refractivity contribution in [3.63, 3.8) is 0 Å². The third kappa shape index (κ3) is 6.72. The molecule has 0 aliphatic carbocycles. The van der Waals surface area contributed by atoms with Gasteiger partial charge in [0.2, 0.25) is 0 Å². The number of hydrogen-bond donors (Lipinski definition) is 1. The molecule has 0 aromatic heterocycles. The van der Waals surface area contributed by atoms with Crippen molar-refractivity contribution in [2.75, 3.05) is 21.1 Å². The Balaban J connectivity index is 1.54. The van der Waals surface area contributed by atoms with Gasteiger partial charge in [0.1, 0.15) is 11.9 Å². The molecule has 0 bridgehead atoms. The standard InChI is InChI=1S/C37H32F3N3O4S/c1-3-47-31-18-16-30(17-19-31)43-35(27-10-7-11-28(22-27)37(38,39)40)42(24-26-8-5-4-6-9-26)34-21-20-32(23-33(34)36(43)44)48(45,46)41-29-14-12-25(2)13-15-29/h4-23,35,41H,3,24H2,1-2H3/t35-/m0/s1. The third-order valence-corrected chi connectivity index (χ3v) is 9.39. The average Bonchev–Trinajstić information content (AvgIpc) is 3.07. The van der Waals surface area contributed by atoms with Crippen LogP contribution in [0.3, 0.4) is 0 Å². The molecular weight excluding hydrogens is 639 g/mol. The Morgan fingerprint density at radius 3 is 2.21 bits per heavy atom. The number of benzene rings is 5. The zero-order valence-electron chi connectivity index (χ0n) is 26.1. The predicted molar refractivity (Wildman–Crippen MR) is 180 cm³/mol. The molecule has 5 aromatic rings. The maximum absolute atomic E-state index is 14.6. The van der Waals surface area contributed by atoms with E-state index in [4.69, 9.17) is 4.74 Å². The number of aryl methyl sites for hydroxylation is 1. The van der Waals surface area contributed by atoms with Crippen LogP contribution in [-0.4, -0.2) is 20.9 Å². The van der Waals surface area contributed by atoms with Gasteiger partial charge < -0.3 is 9.64 Å². The highest BCUT2D eigenvalue weighted by molar-refractivity contribution is 7.92. The van der Waals surface area contributed by atoms with Crippen LogP contribution in [0.4, 0.5) is 30.2 Å². The second-order valence-corrected chi connectivity index (χ2v) is 13.0. The molecule has 1 amide bonds. The summed E-state index contributed by atoms with van der Waals surface area (Å²) in [5.41, 5.74) is 2.37. The largest absolute Gasteiger partial charge is 0.494 e. The molecule has 0 radical (unpaired) electrons. The van der Waals surface area contributed by atoms with Gasteiger partial charge in [-0.1, -0.05) is 60.2 Å². The van der Waals surface area contributed by atoms with Crippen molar-refractivity contribution in [1.29, 1.82) is 0 Å². The lowest BCUT2D eigenvalue weighted by molar-refractivity contribution is -0.137. The van der Waals surface area contributed by atoms with Gasteiger partial charge in [0.15, 0.2) is 0 Å². The molecule has 5 aromatic carbocycles. The molecule has 11 heteroatoms. The molecule has 0 spiro atoms. The lowest BCUT2D eigenvalue weighted by atomic mass is 9.98. The minimum atomic E-state index is -4.62. The molecule has 1 N–H and O–H groups in total. The Morgan fingerprint density at radius 1 is 0.833 bits per heavy atom. The summed E-state index contributed by atoms with van der Waals surface area (Å²) < 4.78 is 77.2. The number of alkyl halides is 3. The SMILES string of the molecule is CCOc1ccc(N2C(=O)c3cc(S(=O)(=O)Nc4ccc(C)cc4)ccc3N(Cc3ccccc3)[C@@H]2c2cccc(C(F)(F)F)c2)cc1. The molecular formula is C37H32F3N3O4S. The second kappa shape index (κ2) is 13.1. The fraction of sp³-hybridized carbons (Fsp3) is 0.162. The van der Waals surface area contributed by atoms with E-state index in [1.807, 2.05) is 49.1 Å². The predicted octanol–water partition coefficient (Wildman–Crippen LogP) is 8.58. The van der Waals surface area contributed by atoms with Gasteiger partial charge in [0, 0.05) is 17.9 Å². The Kier molecular flexibility index (Phi) is 8.89. The van der Waals surface area contributed by atoms with E-state index in [1.54, 1.807) is 54.6 Å². The Morgan fingerprint density at radius 2 is 1.54 bits per heavy atom. The Labute approximate surface area is 277 Å². The fourth-order valence-electron chi connectivity index (χ4n) is 5.74. The first-order valence-electron chi connectivity index (χ1n) is 15.2. The number of ether oxygens (including phenoxy) is 1. The van der Waals surface area contributed by atoms with Crippen molar-refractivity contribution < 1.29 is 31.1 Å². The summed E-state index contributed by atoms with van der Waals surface area (Å²) in [5.74, 6) is -0.0216. The summed E-state index contributed by atoms with van der Waals surface area (Å²) in [6, 6.07) is 32.0. The Hall–Kier alpha value is -5.29. The van der Waals surface area contributed by atoms with Gasteiger partial charge in [-0.3, -0.25) is 14.4 Å². The number of halogens is 3. The lowest BCUT2D eigenvalue weighted by Crippen LogP contribution is -2.49. The first kappa shape index (κ1) is 32.6. The second-order valence-electron chi connectivity index (χ2n) is 11.4. The summed E-state index contributed by atoms with van der Waals surface area (Å²) in [7, 11) is -4.12. The summed E-state index contributed by atoms with van der Waals surface area (Å²) >= 11 is 0. The molecule has 7 nitrogen and oxygen atoms in total. The molecule has 48 heavy (non-hydrogen) atoms. The monoisotopic (exact) mass is 671 g/mol. The summed E-state index contributed by atoms with van der Waals surface area (Å²) in [6.45, 7) is 4.34. The smallest absolute Gasteiger partial charge is 0.416 e. The van der Waals surface area contributed by atoms with Crippen LogP contribution < -0.4 is 19.3 Å². The van der Waals surface area contributed by atoms with E-state index in [1.165, 1.54) is 29.2 Å². The number of carbonyl (C=O) groups excluding carboxylic acids is 1. The molecule has 0 saturated heterocycles. The van der Waals surface area contributed by atoms with Gasteiger partial charge in [-0.15, -0.1) is 0 Å². The van der Waals surface area contributed by atoms with Crippen molar-refractivity contribution in [2.24, 2.45) is 0 Å². The molecule has 1 aliphatic rings. The minimum absolute atomic E-state index is 0.0785. The number of hydrogen-bond acceptors (Lipinski definition) is 5. The van der Waals surface area contributed by atoms with Gasteiger partial charge in [-0.05, 0) is 91.7 Å². The van der Waals surface area contributed by atoms with Crippen LogP contribution in [0.1, 0.15) is 45.7 Å². The van der Waals surface area contributed by atoms with E-state index in [-0.39, 0.29) is 22.6 Å². The number of nitrogens with zero attached hydrogens (tertiary/aromatic N) is 2. The molecule has 1 aliphatic heterocycles. The van der Waals surface area contributed by atoms with Crippen LogP contribution >= 0.6 is 0 Å². The van der Waals surface area contributed by atoms with E-state index >= 15 is 0 Å². The minimum Gasteiger partial charge on any atom is -0.494 e. The molecule has 246 valence electrons. The number of amides is 1. The number of fused-ring (bicyclic) bond motifs is 1. The summed E-state index contributed by atoms with van der Waals surface area (Å²) in [6.07, 6.45) is -5.65. The quantitative estimate of drug-likeness (QED) is 0.170. The number of anilines is 3. The van der Waals surface area contributed by atoms with Crippen LogP contribution in [-0.2, 0) is 22.7 Å². The van der Waals surface area contributed by atoms with Crippen molar-refractivity contribution in [2.45, 2.75) is 37.6 Å². The van der Waals surface area contributed by atoms with Gasteiger partial charge in [0.05, 0.1) is 28.3 Å². The highest BCUT2D eigenvalue weighted by Gasteiger charge is 2.41. The number of rotatable bonds is 9. The highest BCUT2D eigenvalue weighted by atomic mass is 32.2. The fourth-order valence-corrected chi connectivity index (χ4v) is 6.82. The van der Waals surface area contributed by atoms with E-state index in [9.17, 15) is 26.4 Å². The molecule has 0 unspecified atom stereocenters. The molecule has 1 atom stereocenters. The number of nitrogens with one attached hydrogen (secondary N) is 1. The van der Waals surface area contributed by atoms with E-state index < -0.39 is 33.8 Å². The van der Waals surface area contributed by atoms with Crippen LogP contribution in [0.5, 0.6) is 5.75 Å². The van der Waals surface area contributed by atoms with Crippen molar-refractivity contribution in [1.82, 2.24) is 0 Å². The first-order valence-corrected chi connectivity index (χ1v) is 16.7. The average molecular weight is 672 g/mol. The van der Waals surface area contributed by atoms with Crippen molar-refractivity contribution in [3.05, 3.63) is 149 Å². The van der Waals surface area contributed by atoms with Crippen LogP contribution in [0, 0.1) is 6.92 Å².